The van der Waals surface area contributed by atoms with Gasteiger partial charge in [0.15, 0.2) is 0 Å². The van der Waals surface area contributed by atoms with Crippen molar-refractivity contribution in [3.8, 4) is 11.6 Å². The molecule has 0 saturated carbocycles. The first-order valence-electron chi connectivity index (χ1n) is 12.2. The number of aryl methyl sites for hydroxylation is 1. The van der Waals surface area contributed by atoms with E-state index in [-0.39, 0.29) is 27.0 Å². The Hall–Kier alpha value is -3.76. The van der Waals surface area contributed by atoms with Crippen LogP contribution in [0.25, 0.3) is 0 Å². The predicted octanol–water partition coefficient (Wildman–Crippen LogP) is 5.31. The van der Waals surface area contributed by atoms with E-state index in [2.05, 4.69) is 10.3 Å². The summed E-state index contributed by atoms with van der Waals surface area (Å²) in [6.45, 7) is 1.09. The number of aliphatic hydroxyl groups excluding tert-OH is 1. The molecule has 0 amide bonds. The van der Waals surface area contributed by atoms with E-state index in [4.69, 9.17) is 16.3 Å². The summed E-state index contributed by atoms with van der Waals surface area (Å²) >= 11 is 5.97. The smallest absolute Gasteiger partial charge is 0.341 e. The van der Waals surface area contributed by atoms with Crippen molar-refractivity contribution in [1.82, 2.24) is 10.3 Å². The summed E-state index contributed by atoms with van der Waals surface area (Å²) in [5.41, 5.74) is 1.61. The molecule has 0 fully saturated rings. The van der Waals surface area contributed by atoms with Gasteiger partial charge in [-0.15, -0.1) is 0 Å². The van der Waals surface area contributed by atoms with E-state index in [0.29, 0.717) is 18.1 Å². The Kier molecular flexibility index (Phi) is 9.32. The zero-order chi connectivity index (χ0) is 27.8. The number of aliphatic hydroxyl groups is 1. The van der Waals surface area contributed by atoms with Gasteiger partial charge in [0.05, 0.1) is 15.9 Å². The Bertz CT molecular complexity index is 1540. The highest BCUT2D eigenvalue weighted by atomic mass is 35.5. The zero-order valence-electron chi connectivity index (χ0n) is 20.8. The number of ether oxygens (including phenoxy) is 1. The largest absolute Gasteiger partial charge is 0.477 e. The van der Waals surface area contributed by atoms with Gasteiger partial charge in [-0.2, -0.15) is 0 Å². The minimum Gasteiger partial charge on any atom is -0.477 e. The number of pyridine rings is 1. The maximum Gasteiger partial charge on any atom is 0.341 e. The molecule has 0 saturated heterocycles. The lowest BCUT2D eigenvalue weighted by atomic mass is 10.1. The first-order chi connectivity index (χ1) is 18.7. The minimum absolute atomic E-state index is 0.0167. The van der Waals surface area contributed by atoms with Crippen molar-refractivity contribution >= 4 is 27.4 Å². The second kappa shape index (κ2) is 12.9. The molecule has 3 N–H and O–H groups in total. The minimum atomic E-state index is -3.83. The maximum atomic E-state index is 13.2. The molecule has 0 spiro atoms. The molecule has 0 aliphatic heterocycles. The van der Waals surface area contributed by atoms with Crippen LogP contribution in [-0.4, -0.2) is 42.7 Å². The van der Waals surface area contributed by atoms with Crippen molar-refractivity contribution in [2.24, 2.45) is 0 Å². The molecule has 3 aromatic carbocycles. The third kappa shape index (κ3) is 7.42. The summed E-state index contributed by atoms with van der Waals surface area (Å²) in [4.78, 5) is 15.5. The molecule has 4 aromatic rings. The number of nitrogens with zero attached hydrogens (tertiary/aromatic N) is 1. The first kappa shape index (κ1) is 28.3. The van der Waals surface area contributed by atoms with Crippen LogP contribution in [0.5, 0.6) is 11.6 Å². The van der Waals surface area contributed by atoms with Gasteiger partial charge in [-0.3, -0.25) is 0 Å². The maximum absolute atomic E-state index is 13.2. The lowest BCUT2D eigenvalue weighted by Crippen LogP contribution is -2.22. The summed E-state index contributed by atoms with van der Waals surface area (Å²) in [6, 6.07) is 22.5. The second-order valence-corrected chi connectivity index (χ2v) is 11.2. The van der Waals surface area contributed by atoms with Gasteiger partial charge in [-0.25, -0.2) is 18.2 Å². The van der Waals surface area contributed by atoms with Gasteiger partial charge < -0.3 is 20.3 Å². The number of nitrogens with one attached hydrogen (secondary N) is 1. The van der Waals surface area contributed by atoms with Crippen molar-refractivity contribution in [2.45, 2.75) is 28.7 Å². The summed E-state index contributed by atoms with van der Waals surface area (Å²) < 4.78 is 32.0. The molecule has 4 rings (SSSR count). The number of carboxylic acids is 1. The molecule has 0 aliphatic carbocycles. The fourth-order valence-corrected chi connectivity index (χ4v) is 5.41. The van der Waals surface area contributed by atoms with Gasteiger partial charge >= 0.3 is 5.97 Å². The number of halogens is 1. The van der Waals surface area contributed by atoms with E-state index in [0.717, 1.165) is 24.0 Å². The van der Waals surface area contributed by atoms with Crippen molar-refractivity contribution in [1.29, 1.82) is 0 Å². The molecular weight excluding hydrogens is 540 g/mol. The third-order valence-corrected chi connectivity index (χ3v) is 7.96. The molecule has 1 aromatic heterocycles. The lowest BCUT2D eigenvalue weighted by Gasteiger charge is -2.12. The van der Waals surface area contributed by atoms with Crippen molar-refractivity contribution < 1.29 is 28.2 Å². The Morgan fingerprint density at radius 1 is 0.974 bits per heavy atom. The van der Waals surface area contributed by atoms with Crippen LogP contribution in [0.3, 0.4) is 0 Å². The van der Waals surface area contributed by atoms with E-state index >= 15 is 0 Å². The topological polar surface area (TPSA) is 126 Å². The van der Waals surface area contributed by atoms with Crippen LogP contribution in [0.4, 0.5) is 0 Å². The van der Waals surface area contributed by atoms with Gasteiger partial charge in [0.2, 0.25) is 15.7 Å². The van der Waals surface area contributed by atoms with Crippen molar-refractivity contribution in [3.63, 3.8) is 0 Å². The highest BCUT2D eigenvalue weighted by molar-refractivity contribution is 7.91. The van der Waals surface area contributed by atoms with Crippen molar-refractivity contribution in [2.75, 3.05) is 13.1 Å². The molecule has 1 heterocycles. The first-order valence-corrected chi connectivity index (χ1v) is 14.0. The van der Waals surface area contributed by atoms with Gasteiger partial charge in [0, 0.05) is 17.8 Å². The van der Waals surface area contributed by atoms with Crippen LogP contribution in [-0.2, 0) is 16.3 Å². The van der Waals surface area contributed by atoms with Gasteiger partial charge in [0.25, 0.3) is 0 Å². The quantitative estimate of drug-likeness (QED) is 0.197. The van der Waals surface area contributed by atoms with E-state index < -0.39 is 21.9 Å². The Balaban J connectivity index is 1.33. The number of sulfone groups is 1. The molecule has 0 unspecified atom stereocenters. The van der Waals surface area contributed by atoms with Crippen LogP contribution in [0, 0.1) is 0 Å². The fourth-order valence-electron chi connectivity index (χ4n) is 3.91. The number of benzene rings is 3. The fraction of sp³-hybridized carbons (Fsp3) is 0.172. The monoisotopic (exact) mass is 566 g/mol. The van der Waals surface area contributed by atoms with Crippen LogP contribution in [0.15, 0.2) is 101 Å². The molecule has 1 atom stereocenters. The Morgan fingerprint density at radius 3 is 2.49 bits per heavy atom. The molecule has 10 heteroatoms. The molecule has 202 valence electrons. The van der Waals surface area contributed by atoms with Gasteiger partial charge in [-0.05, 0) is 85.1 Å². The highest BCUT2D eigenvalue weighted by Crippen LogP contribution is 2.28. The normalized spacial score (nSPS) is 12.2. The van der Waals surface area contributed by atoms with E-state index in [1.807, 2.05) is 6.07 Å². The van der Waals surface area contributed by atoms with Crippen LogP contribution < -0.4 is 10.1 Å². The summed E-state index contributed by atoms with van der Waals surface area (Å²) in [5.74, 6) is -1.17. The standard InChI is InChI=1S/C29H27ClN2O6S/c30-22-7-1-6-21(17-22)27(33)19-31-15-3-5-20-11-13-24(14-12-20)39(36,37)25-9-2-8-23(18-25)38-28-26(29(34)35)10-4-16-32-28/h1-2,4,6-14,16-18,27,31,33H,3,5,15,19H2,(H,34,35)/t27-/m0/s1. The Labute approximate surface area is 231 Å². The Morgan fingerprint density at radius 2 is 1.74 bits per heavy atom. The predicted molar refractivity (Wildman–Crippen MR) is 147 cm³/mol. The molecular formula is C29H27ClN2O6S. The summed E-state index contributed by atoms with van der Waals surface area (Å²) in [5, 5.41) is 23.4. The molecule has 0 aliphatic rings. The van der Waals surface area contributed by atoms with Gasteiger partial charge in [0.1, 0.15) is 11.3 Å². The SMILES string of the molecule is O=C(O)c1cccnc1Oc1cccc(S(=O)(=O)c2ccc(CCCNC[C@H](O)c3cccc(Cl)c3)cc2)c1. The number of hydrogen-bond acceptors (Lipinski definition) is 7. The average Bonchev–Trinajstić information content (AvgIpc) is 2.93. The van der Waals surface area contributed by atoms with E-state index in [9.17, 15) is 23.4 Å². The second-order valence-electron chi connectivity index (χ2n) is 8.76. The number of hydrogen-bond donors (Lipinski definition) is 3. The van der Waals surface area contributed by atoms with Crippen LogP contribution in [0.1, 0.15) is 34.0 Å². The number of carboxylic acid groups (broad SMARTS) is 1. The van der Waals surface area contributed by atoms with Crippen molar-refractivity contribution in [3.05, 3.63) is 113 Å². The average molecular weight is 567 g/mol. The van der Waals surface area contributed by atoms with Crippen LogP contribution in [0.2, 0.25) is 5.02 Å². The summed E-state index contributed by atoms with van der Waals surface area (Å²) in [6.07, 6.45) is 2.28. The highest BCUT2D eigenvalue weighted by Gasteiger charge is 2.19. The lowest BCUT2D eigenvalue weighted by molar-refractivity contribution is 0.0693. The molecule has 39 heavy (non-hydrogen) atoms. The number of aromatic carboxylic acids is 1. The number of rotatable bonds is 12. The van der Waals surface area contributed by atoms with Crippen LogP contribution >= 0.6 is 11.6 Å². The van der Waals surface area contributed by atoms with E-state index in [1.165, 1.54) is 42.6 Å². The van der Waals surface area contributed by atoms with E-state index in [1.54, 1.807) is 42.5 Å². The molecule has 8 nitrogen and oxygen atoms in total. The van der Waals surface area contributed by atoms with Gasteiger partial charge in [-0.1, -0.05) is 41.9 Å². The third-order valence-electron chi connectivity index (χ3n) is 5.96. The molecule has 0 bridgehead atoms. The number of carbonyl (C=O) groups is 1. The zero-order valence-corrected chi connectivity index (χ0v) is 22.4. The molecule has 0 radical (unpaired) electrons. The summed E-state index contributed by atoms with van der Waals surface area (Å²) in [7, 11) is -3.83. The number of aromatic nitrogens is 1.